The lowest BCUT2D eigenvalue weighted by molar-refractivity contribution is 0.388. The van der Waals surface area contributed by atoms with Crippen molar-refractivity contribution in [1.29, 1.82) is 0 Å². The first-order chi connectivity index (χ1) is 9.02. The number of nitrogens with zero attached hydrogens (tertiary/aromatic N) is 1. The van der Waals surface area contributed by atoms with Gasteiger partial charge in [0.1, 0.15) is 0 Å². The minimum absolute atomic E-state index is 0.240. The maximum Gasteiger partial charge on any atom is 0.244 e. The number of halogens is 1. The van der Waals surface area contributed by atoms with Crippen LogP contribution in [0.1, 0.15) is 35.4 Å². The van der Waals surface area contributed by atoms with Gasteiger partial charge in [-0.05, 0) is 44.6 Å². The molecule has 0 aliphatic heterocycles. The molecule has 2 aliphatic rings. The van der Waals surface area contributed by atoms with Gasteiger partial charge in [0.25, 0.3) is 0 Å². The summed E-state index contributed by atoms with van der Waals surface area (Å²) in [6.07, 6.45) is 4.37. The van der Waals surface area contributed by atoms with Gasteiger partial charge in [0.2, 0.25) is 10.0 Å². The third-order valence-corrected chi connectivity index (χ3v) is 7.40. The lowest BCUT2D eigenvalue weighted by Gasteiger charge is -2.21. The van der Waals surface area contributed by atoms with Crippen molar-refractivity contribution >= 4 is 33.0 Å². The maximum absolute atomic E-state index is 12.8. The fraction of sp³-hybridized carbons (Fsp3) is 0.692. The van der Waals surface area contributed by atoms with E-state index < -0.39 is 10.0 Å². The van der Waals surface area contributed by atoms with Crippen LogP contribution in [-0.4, -0.2) is 25.3 Å². The predicted molar refractivity (Wildman–Crippen MR) is 78.3 cm³/mol. The van der Waals surface area contributed by atoms with Crippen molar-refractivity contribution in [1.82, 2.24) is 4.31 Å². The van der Waals surface area contributed by atoms with Gasteiger partial charge in [-0.2, -0.15) is 4.31 Å². The molecule has 0 radical (unpaired) electrons. The molecular formula is C13H18ClNO2S2. The molecule has 0 spiro atoms. The van der Waals surface area contributed by atoms with Crippen molar-refractivity contribution in [3.05, 3.63) is 15.8 Å². The molecule has 0 N–H and O–H groups in total. The van der Waals surface area contributed by atoms with Crippen molar-refractivity contribution in [3.8, 4) is 0 Å². The summed E-state index contributed by atoms with van der Waals surface area (Å²) in [5.74, 6) is 0.967. The zero-order chi connectivity index (χ0) is 13.6. The highest BCUT2D eigenvalue weighted by Gasteiger charge is 2.41. The standard InChI is InChI=1S/C13H18ClNO2S2/c1-9-13(6-12(7-14)18-9)19(16,17)15(11-4-5-11)8-10-2-3-10/h6,10-11H,2-5,7-8H2,1H3. The highest BCUT2D eigenvalue weighted by molar-refractivity contribution is 7.89. The van der Waals surface area contributed by atoms with Crippen LogP contribution in [0.4, 0.5) is 0 Å². The summed E-state index contributed by atoms with van der Waals surface area (Å²) >= 11 is 7.30. The average Bonchev–Trinajstić information content (AvgIpc) is 3.24. The minimum Gasteiger partial charge on any atom is -0.207 e. The van der Waals surface area contributed by atoms with E-state index in [0.717, 1.165) is 22.6 Å². The second kappa shape index (κ2) is 5.02. The van der Waals surface area contributed by atoms with Gasteiger partial charge >= 0.3 is 0 Å². The molecule has 0 atom stereocenters. The third kappa shape index (κ3) is 2.84. The van der Waals surface area contributed by atoms with Crippen LogP contribution in [0.25, 0.3) is 0 Å². The van der Waals surface area contributed by atoms with Crippen molar-refractivity contribution in [3.63, 3.8) is 0 Å². The predicted octanol–water partition coefficient (Wildman–Crippen LogP) is 3.36. The number of hydrogen-bond acceptors (Lipinski definition) is 3. The van der Waals surface area contributed by atoms with E-state index in [0.29, 0.717) is 23.2 Å². The molecule has 106 valence electrons. The van der Waals surface area contributed by atoms with E-state index in [1.807, 2.05) is 6.92 Å². The van der Waals surface area contributed by atoms with E-state index in [-0.39, 0.29) is 6.04 Å². The van der Waals surface area contributed by atoms with Gasteiger partial charge in [0, 0.05) is 22.3 Å². The summed E-state index contributed by atoms with van der Waals surface area (Å²) in [6.45, 7) is 2.58. The Morgan fingerprint density at radius 1 is 1.37 bits per heavy atom. The smallest absolute Gasteiger partial charge is 0.207 e. The molecule has 0 aromatic carbocycles. The summed E-state index contributed by atoms with van der Waals surface area (Å²) in [5.41, 5.74) is 0. The van der Waals surface area contributed by atoms with Gasteiger partial charge in [-0.25, -0.2) is 8.42 Å². The zero-order valence-corrected chi connectivity index (χ0v) is 13.3. The quantitative estimate of drug-likeness (QED) is 0.754. The third-order valence-electron chi connectivity index (χ3n) is 3.73. The molecule has 0 saturated heterocycles. The van der Waals surface area contributed by atoms with Crippen LogP contribution in [-0.2, 0) is 15.9 Å². The Morgan fingerprint density at radius 3 is 2.53 bits per heavy atom. The Morgan fingerprint density at radius 2 is 2.05 bits per heavy atom. The first-order valence-corrected chi connectivity index (χ1v) is 9.48. The van der Waals surface area contributed by atoms with Gasteiger partial charge in [-0.15, -0.1) is 22.9 Å². The first-order valence-electron chi connectivity index (χ1n) is 6.69. The lowest BCUT2D eigenvalue weighted by atomic mass is 10.4. The van der Waals surface area contributed by atoms with E-state index in [9.17, 15) is 8.42 Å². The summed E-state index contributed by atoms with van der Waals surface area (Å²) in [7, 11) is -3.33. The number of aryl methyl sites for hydroxylation is 1. The number of hydrogen-bond donors (Lipinski definition) is 0. The van der Waals surface area contributed by atoms with Crippen LogP contribution in [0.2, 0.25) is 0 Å². The molecule has 1 aromatic heterocycles. The van der Waals surface area contributed by atoms with E-state index in [1.165, 1.54) is 24.2 Å². The van der Waals surface area contributed by atoms with Gasteiger partial charge in [-0.1, -0.05) is 0 Å². The molecule has 2 aliphatic carbocycles. The average molecular weight is 320 g/mol. The van der Waals surface area contributed by atoms with Crippen LogP contribution in [0.3, 0.4) is 0 Å². The van der Waals surface area contributed by atoms with Gasteiger partial charge in [0.15, 0.2) is 0 Å². The zero-order valence-electron chi connectivity index (χ0n) is 10.9. The molecule has 1 heterocycles. The number of alkyl halides is 1. The maximum atomic E-state index is 12.8. The van der Waals surface area contributed by atoms with E-state index in [1.54, 1.807) is 10.4 Å². The van der Waals surface area contributed by atoms with Crippen LogP contribution < -0.4 is 0 Å². The summed E-state index contributed by atoms with van der Waals surface area (Å²) in [4.78, 5) is 2.26. The second-order valence-corrected chi connectivity index (χ2v) is 8.98. The van der Waals surface area contributed by atoms with Crippen molar-refractivity contribution < 1.29 is 8.42 Å². The normalized spacial score (nSPS) is 20.2. The second-order valence-electron chi connectivity index (χ2n) is 5.52. The molecule has 2 fully saturated rings. The molecule has 1 aromatic rings. The Balaban J connectivity index is 1.91. The molecule has 6 heteroatoms. The van der Waals surface area contributed by atoms with Crippen molar-refractivity contribution in [2.75, 3.05) is 6.54 Å². The minimum atomic E-state index is -3.33. The number of thiophene rings is 1. The molecule has 0 amide bonds. The molecular weight excluding hydrogens is 302 g/mol. The van der Waals surface area contributed by atoms with E-state index in [4.69, 9.17) is 11.6 Å². The molecule has 2 saturated carbocycles. The Labute approximate surface area is 123 Å². The molecule has 0 bridgehead atoms. The van der Waals surface area contributed by atoms with Crippen molar-refractivity contribution in [2.24, 2.45) is 5.92 Å². The summed E-state index contributed by atoms with van der Waals surface area (Å²) in [6, 6.07) is 1.99. The lowest BCUT2D eigenvalue weighted by Crippen LogP contribution is -2.35. The van der Waals surface area contributed by atoms with Gasteiger partial charge < -0.3 is 0 Å². The fourth-order valence-corrected chi connectivity index (χ4v) is 5.79. The summed E-state index contributed by atoms with van der Waals surface area (Å²) in [5, 5.41) is 0. The molecule has 0 unspecified atom stereocenters. The monoisotopic (exact) mass is 319 g/mol. The Hall–Kier alpha value is -0.100. The largest absolute Gasteiger partial charge is 0.244 e. The summed E-state index contributed by atoms with van der Waals surface area (Å²) < 4.78 is 27.4. The Bertz CT molecular complexity index is 573. The Kier molecular flexibility index (Phi) is 3.67. The molecule has 19 heavy (non-hydrogen) atoms. The highest BCUT2D eigenvalue weighted by Crippen LogP contribution is 2.39. The van der Waals surface area contributed by atoms with Crippen LogP contribution in [0.15, 0.2) is 11.0 Å². The fourth-order valence-electron chi connectivity index (χ4n) is 2.33. The van der Waals surface area contributed by atoms with E-state index in [2.05, 4.69) is 0 Å². The van der Waals surface area contributed by atoms with Gasteiger partial charge in [-0.3, -0.25) is 0 Å². The van der Waals surface area contributed by atoms with Crippen molar-refractivity contribution in [2.45, 2.75) is 49.4 Å². The van der Waals surface area contributed by atoms with E-state index >= 15 is 0 Å². The molecule has 3 rings (SSSR count). The van der Waals surface area contributed by atoms with Crippen LogP contribution >= 0.6 is 22.9 Å². The van der Waals surface area contributed by atoms with Crippen LogP contribution in [0.5, 0.6) is 0 Å². The number of sulfonamides is 1. The molecule has 3 nitrogen and oxygen atoms in total. The number of rotatable bonds is 6. The first kappa shape index (κ1) is 13.9. The van der Waals surface area contributed by atoms with Crippen LogP contribution in [0, 0.1) is 12.8 Å². The SMILES string of the molecule is Cc1sc(CCl)cc1S(=O)(=O)N(CC1CC1)C1CC1. The highest BCUT2D eigenvalue weighted by atomic mass is 35.5. The van der Waals surface area contributed by atoms with Gasteiger partial charge in [0.05, 0.1) is 10.8 Å². The topological polar surface area (TPSA) is 37.4 Å².